The van der Waals surface area contributed by atoms with E-state index in [0.717, 1.165) is 31.0 Å². The summed E-state index contributed by atoms with van der Waals surface area (Å²) in [4.78, 5) is 12.3. The lowest BCUT2D eigenvalue weighted by Crippen LogP contribution is -2.77. The van der Waals surface area contributed by atoms with Crippen molar-refractivity contribution in [2.75, 3.05) is 6.61 Å². The molecule has 0 aliphatic heterocycles. The van der Waals surface area contributed by atoms with E-state index >= 15 is 0 Å². The first-order valence-corrected chi connectivity index (χ1v) is 11.2. The number of carbonyl (C=O) groups excluding carboxylic acids is 1. The largest absolute Gasteiger partial charge is 0.522 e. The van der Waals surface area contributed by atoms with Crippen LogP contribution in [-0.4, -0.2) is 46.4 Å². The summed E-state index contributed by atoms with van der Waals surface area (Å²) in [6.45, 7) is -0.238. The average Bonchev–Trinajstić information content (AvgIpc) is 3.02. The van der Waals surface area contributed by atoms with Crippen molar-refractivity contribution in [3.8, 4) is 11.6 Å². The molecule has 6 rings (SSSR count). The van der Waals surface area contributed by atoms with Gasteiger partial charge in [0.15, 0.2) is 6.61 Å². The molecule has 4 aliphatic rings. The molecule has 4 saturated carbocycles. The fourth-order valence-corrected chi connectivity index (χ4v) is 5.25. The topological polar surface area (TPSA) is 74.6 Å². The normalized spacial score (nSPS) is 29.5. The molecule has 0 spiro atoms. The maximum absolute atomic E-state index is 13.5. The van der Waals surface area contributed by atoms with Crippen LogP contribution >= 0.6 is 11.6 Å². The molecule has 4 aliphatic carbocycles. The number of hydrogen-bond acceptors (Lipinski definition) is 5. The Morgan fingerprint density at radius 2 is 1.94 bits per heavy atom. The number of ether oxygens (including phenoxy) is 3. The number of alkyl halides is 3. The number of carbonyl (C=O) groups is 1. The molecule has 34 heavy (non-hydrogen) atoms. The van der Waals surface area contributed by atoms with E-state index in [1.165, 1.54) is 12.1 Å². The van der Waals surface area contributed by atoms with Crippen molar-refractivity contribution in [2.24, 2.45) is 7.05 Å². The molecule has 0 atom stereocenters. The number of benzene rings is 1. The summed E-state index contributed by atoms with van der Waals surface area (Å²) in [7, 11) is 1.72. The van der Waals surface area contributed by atoms with Gasteiger partial charge in [-0.15, -0.1) is 13.2 Å². The van der Waals surface area contributed by atoms with Gasteiger partial charge in [-0.25, -0.2) is 9.07 Å². The lowest BCUT2D eigenvalue weighted by molar-refractivity contribution is -0.355. The quantitative estimate of drug-likeness (QED) is 0.551. The number of aryl methyl sites for hydroxylation is 1. The third-order valence-corrected chi connectivity index (χ3v) is 7.02. The first kappa shape index (κ1) is 23.2. The Kier molecular flexibility index (Phi) is 5.47. The Hall–Kier alpha value is -2.53. The Morgan fingerprint density at radius 1 is 1.24 bits per heavy atom. The second kappa shape index (κ2) is 8.01. The van der Waals surface area contributed by atoms with Gasteiger partial charge in [0.05, 0.1) is 16.8 Å². The Labute approximate surface area is 197 Å². The van der Waals surface area contributed by atoms with Gasteiger partial charge in [0, 0.05) is 43.0 Å². The van der Waals surface area contributed by atoms with Crippen LogP contribution in [0.1, 0.15) is 37.8 Å². The summed E-state index contributed by atoms with van der Waals surface area (Å²) >= 11 is 5.63. The molecular weight excluding hydrogens is 482 g/mol. The second-order valence-electron chi connectivity index (χ2n) is 9.39. The summed E-state index contributed by atoms with van der Waals surface area (Å²) in [6, 6.07) is 5.79. The Morgan fingerprint density at radius 3 is 2.59 bits per heavy atom. The molecule has 0 saturated heterocycles. The fraction of sp³-hybridized carbons (Fsp3) is 0.545. The monoisotopic (exact) mass is 503 g/mol. The van der Waals surface area contributed by atoms with Gasteiger partial charge in [-0.05, 0) is 31.4 Å². The van der Waals surface area contributed by atoms with Gasteiger partial charge in [0.1, 0.15) is 17.7 Å². The van der Waals surface area contributed by atoms with Crippen LogP contribution in [-0.2, 0) is 22.0 Å². The molecule has 1 aromatic heterocycles. The molecule has 7 nitrogen and oxygen atoms in total. The van der Waals surface area contributed by atoms with E-state index in [2.05, 4.69) is 15.2 Å². The van der Waals surface area contributed by atoms with E-state index in [1.54, 1.807) is 11.7 Å². The summed E-state index contributed by atoms with van der Waals surface area (Å²) < 4.78 is 67.0. The lowest BCUT2D eigenvalue weighted by Gasteiger charge is -2.69. The van der Waals surface area contributed by atoms with E-state index in [4.69, 9.17) is 21.1 Å². The zero-order valence-electron chi connectivity index (χ0n) is 18.1. The van der Waals surface area contributed by atoms with Gasteiger partial charge in [0.25, 0.3) is 5.91 Å². The van der Waals surface area contributed by atoms with E-state index in [9.17, 15) is 22.4 Å². The SMILES string of the molecule is Cn1nc(C23CC(NC(=O)COc4ccc(Cl)c(F)c4)(C2)C3)cc1OC1CC(OC(F)(F)F)C1. The van der Waals surface area contributed by atoms with E-state index < -0.39 is 18.3 Å². The predicted molar refractivity (Wildman–Crippen MR) is 111 cm³/mol. The highest BCUT2D eigenvalue weighted by Crippen LogP contribution is 2.67. The zero-order chi connectivity index (χ0) is 24.3. The van der Waals surface area contributed by atoms with Crippen molar-refractivity contribution in [3.05, 3.63) is 40.8 Å². The van der Waals surface area contributed by atoms with Crippen molar-refractivity contribution in [2.45, 2.75) is 61.6 Å². The van der Waals surface area contributed by atoms with Gasteiger partial charge in [-0.2, -0.15) is 5.10 Å². The Bertz CT molecular complexity index is 1100. The van der Waals surface area contributed by atoms with Crippen molar-refractivity contribution in [1.29, 1.82) is 0 Å². The first-order valence-electron chi connectivity index (χ1n) is 10.8. The number of halogens is 5. The number of hydrogen-bond donors (Lipinski definition) is 1. The van der Waals surface area contributed by atoms with Crippen LogP contribution in [0.15, 0.2) is 24.3 Å². The molecule has 0 radical (unpaired) electrons. The van der Waals surface area contributed by atoms with Crippen LogP contribution in [0.3, 0.4) is 0 Å². The minimum Gasteiger partial charge on any atom is -0.484 e. The summed E-state index contributed by atoms with van der Waals surface area (Å²) in [6.07, 6.45) is -3.33. The molecule has 12 heteroatoms. The van der Waals surface area contributed by atoms with Crippen LogP contribution in [0, 0.1) is 5.82 Å². The Balaban J connectivity index is 1.09. The molecule has 1 N–H and O–H groups in total. The molecular formula is C22H22ClF4N3O4. The predicted octanol–water partition coefficient (Wildman–Crippen LogP) is 4.03. The van der Waals surface area contributed by atoms with Crippen molar-refractivity contribution >= 4 is 17.5 Å². The van der Waals surface area contributed by atoms with E-state index in [0.29, 0.717) is 5.88 Å². The number of rotatable bonds is 8. The smallest absolute Gasteiger partial charge is 0.484 e. The standard InChI is InChI=1S/C22H22ClF4N3O4/c1-30-19(33-13-4-14(5-13)34-22(25,26)27)7-17(29-30)20-9-21(10-20,11-20)28-18(31)8-32-12-2-3-15(23)16(24)6-12/h2-3,6-7,13-14H,4-5,8-11H2,1H3,(H,28,31). The minimum absolute atomic E-state index is 0.0219. The van der Waals surface area contributed by atoms with Crippen LogP contribution in [0.25, 0.3) is 0 Å². The molecule has 1 amide bonds. The minimum atomic E-state index is -4.63. The van der Waals surface area contributed by atoms with E-state index in [-0.39, 0.29) is 53.2 Å². The molecule has 2 aromatic rings. The van der Waals surface area contributed by atoms with Crippen LogP contribution in [0.5, 0.6) is 11.6 Å². The van der Waals surface area contributed by atoms with Gasteiger partial charge in [-0.3, -0.25) is 9.53 Å². The highest BCUT2D eigenvalue weighted by molar-refractivity contribution is 6.30. The highest BCUT2D eigenvalue weighted by Gasteiger charge is 2.70. The van der Waals surface area contributed by atoms with Gasteiger partial charge in [-0.1, -0.05) is 11.6 Å². The average molecular weight is 504 g/mol. The van der Waals surface area contributed by atoms with Crippen molar-refractivity contribution in [1.82, 2.24) is 15.1 Å². The second-order valence-corrected chi connectivity index (χ2v) is 9.80. The maximum Gasteiger partial charge on any atom is 0.522 e. The molecule has 184 valence electrons. The number of amides is 1. The van der Waals surface area contributed by atoms with Gasteiger partial charge < -0.3 is 14.8 Å². The summed E-state index contributed by atoms with van der Waals surface area (Å²) in [5.41, 5.74) is 0.394. The first-order chi connectivity index (χ1) is 15.9. The van der Waals surface area contributed by atoms with Crippen molar-refractivity contribution in [3.63, 3.8) is 0 Å². The summed E-state index contributed by atoms with van der Waals surface area (Å²) in [5, 5.41) is 7.50. The molecule has 2 bridgehead atoms. The summed E-state index contributed by atoms with van der Waals surface area (Å²) in [5.74, 6) is -0.201. The molecule has 0 unspecified atom stereocenters. The highest BCUT2D eigenvalue weighted by atomic mass is 35.5. The number of aromatic nitrogens is 2. The molecule has 1 aromatic carbocycles. The number of nitrogens with one attached hydrogen (secondary N) is 1. The van der Waals surface area contributed by atoms with Gasteiger partial charge >= 0.3 is 6.36 Å². The molecule has 4 fully saturated rings. The third kappa shape index (κ3) is 4.43. The molecule has 1 heterocycles. The fourth-order valence-electron chi connectivity index (χ4n) is 5.13. The third-order valence-electron chi connectivity index (χ3n) is 6.72. The van der Waals surface area contributed by atoms with Crippen LogP contribution in [0.2, 0.25) is 5.02 Å². The van der Waals surface area contributed by atoms with E-state index in [1.807, 2.05) is 6.07 Å². The maximum atomic E-state index is 13.5. The lowest BCUT2D eigenvalue weighted by atomic mass is 9.38. The van der Waals surface area contributed by atoms with Crippen LogP contribution < -0.4 is 14.8 Å². The van der Waals surface area contributed by atoms with Crippen molar-refractivity contribution < 1.29 is 36.6 Å². The van der Waals surface area contributed by atoms with Crippen LogP contribution in [0.4, 0.5) is 17.6 Å². The van der Waals surface area contributed by atoms with Gasteiger partial charge in [0.2, 0.25) is 5.88 Å². The zero-order valence-corrected chi connectivity index (χ0v) is 18.9. The number of nitrogens with zero attached hydrogens (tertiary/aromatic N) is 2.